The van der Waals surface area contributed by atoms with E-state index in [2.05, 4.69) is 0 Å². The Morgan fingerprint density at radius 1 is 1.10 bits per heavy atom. The van der Waals surface area contributed by atoms with E-state index in [0.717, 1.165) is 11.1 Å². The van der Waals surface area contributed by atoms with Crippen LogP contribution in [-0.2, 0) is 0 Å². The Morgan fingerprint density at radius 2 is 1.81 bits per heavy atom. The summed E-state index contributed by atoms with van der Waals surface area (Å²) in [7, 11) is 1.47. The summed E-state index contributed by atoms with van der Waals surface area (Å²) in [5.41, 5.74) is 2.11. The number of fused-ring (bicyclic) bond motifs is 1. The molecule has 4 heteroatoms. The van der Waals surface area contributed by atoms with Crippen LogP contribution in [0.25, 0.3) is 22.3 Å². The van der Waals surface area contributed by atoms with Gasteiger partial charge in [-0.1, -0.05) is 23.2 Å². The predicted octanol–water partition coefficient (Wildman–Crippen LogP) is 4.43. The number of ether oxygens (including phenoxy) is 1. The lowest BCUT2D eigenvalue weighted by Crippen LogP contribution is -2.07. The van der Waals surface area contributed by atoms with E-state index in [-0.39, 0.29) is 11.2 Å². The van der Waals surface area contributed by atoms with E-state index in [4.69, 9.17) is 20.8 Å². The van der Waals surface area contributed by atoms with Crippen LogP contribution in [0.4, 0.5) is 0 Å². The van der Waals surface area contributed by atoms with Crippen molar-refractivity contribution in [2.75, 3.05) is 7.11 Å². The molecular weight excluding hydrogens is 288 g/mol. The second kappa shape index (κ2) is 5.26. The minimum absolute atomic E-state index is 0.174. The molecule has 1 aromatic heterocycles. The average molecular weight is 301 g/mol. The molecule has 0 bridgehead atoms. The molecule has 0 saturated carbocycles. The van der Waals surface area contributed by atoms with Crippen molar-refractivity contribution in [1.29, 1.82) is 0 Å². The molecule has 0 aliphatic heterocycles. The molecule has 0 unspecified atom stereocenters. The van der Waals surface area contributed by atoms with Crippen LogP contribution < -0.4 is 10.2 Å². The van der Waals surface area contributed by atoms with Gasteiger partial charge in [0, 0.05) is 10.6 Å². The Kier molecular flexibility index (Phi) is 3.43. The van der Waals surface area contributed by atoms with Crippen LogP contribution in [0.5, 0.6) is 5.75 Å². The lowest BCUT2D eigenvalue weighted by Gasteiger charge is -2.09. The van der Waals surface area contributed by atoms with Crippen molar-refractivity contribution in [3.8, 4) is 17.1 Å². The minimum Gasteiger partial charge on any atom is -0.490 e. The van der Waals surface area contributed by atoms with Crippen LogP contribution in [0.15, 0.2) is 51.7 Å². The van der Waals surface area contributed by atoms with Crippen LogP contribution in [0, 0.1) is 6.92 Å². The van der Waals surface area contributed by atoms with E-state index in [0.29, 0.717) is 21.8 Å². The first kappa shape index (κ1) is 13.7. The van der Waals surface area contributed by atoms with Gasteiger partial charge >= 0.3 is 0 Å². The summed E-state index contributed by atoms with van der Waals surface area (Å²) in [4.78, 5) is 12.6. The van der Waals surface area contributed by atoms with Crippen molar-refractivity contribution < 1.29 is 9.15 Å². The quantitative estimate of drug-likeness (QED) is 0.703. The zero-order valence-electron chi connectivity index (χ0n) is 11.6. The van der Waals surface area contributed by atoms with Gasteiger partial charge in [-0.3, -0.25) is 4.79 Å². The fourth-order valence-corrected chi connectivity index (χ4v) is 2.39. The van der Waals surface area contributed by atoms with Gasteiger partial charge in [0.05, 0.1) is 12.5 Å². The van der Waals surface area contributed by atoms with Crippen molar-refractivity contribution in [3.05, 3.63) is 63.3 Å². The zero-order chi connectivity index (χ0) is 15.0. The van der Waals surface area contributed by atoms with Gasteiger partial charge in [0.1, 0.15) is 5.58 Å². The lowest BCUT2D eigenvalue weighted by molar-refractivity contribution is 0.398. The summed E-state index contributed by atoms with van der Waals surface area (Å²) in [5, 5.41) is 1.14. The highest BCUT2D eigenvalue weighted by molar-refractivity contribution is 6.30. The molecule has 0 aliphatic rings. The predicted molar refractivity (Wildman–Crippen MR) is 84.2 cm³/mol. The van der Waals surface area contributed by atoms with Crippen molar-refractivity contribution >= 4 is 22.6 Å². The number of methoxy groups -OCH3 is 1. The number of aryl methyl sites for hydroxylation is 1. The Labute approximate surface area is 126 Å². The van der Waals surface area contributed by atoms with Crippen LogP contribution in [0.2, 0.25) is 5.02 Å². The molecule has 106 valence electrons. The molecule has 0 fully saturated rings. The SMILES string of the molecule is COc1c(-c2ccc(Cl)cc2)oc2ccc(C)cc2c1=O. The molecule has 3 rings (SSSR count). The maximum Gasteiger partial charge on any atom is 0.235 e. The summed E-state index contributed by atoms with van der Waals surface area (Å²) in [5.74, 6) is 0.617. The van der Waals surface area contributed by atoms with Gasteiger partial charge in [0.2, 0.25) is 11.2 Å². The van der Waals surface area contributed by atoms with Gasteiger partial charge in [-0.15, -0.1) is 0 Å². The molecule has 3 aromatic rings. The van der Waals surface area contributed by atoms with Crippen molar-refractivity contribution in [1.82, 2.24) is 0 Å². The third kappa shape index (κ3) is 2.41. The van der Waals surface area contributed by atoms with Crippen LogP contribution in [0.1, 0.15) is 5.56 Å². The molecule has 0 atom stereocenters. The molecule has 0 amide bonds. The van der Waals surface area contributed by atoms with Crippen molar-refractivity contribution in [2.24, 2.45) is 0 Å². The Balaban J connectivity index is 2.34. The maximum atomic E-state index is 12.6. The number of halogens is 1. The maximum absolute atomic E-state index is 12.6. The van der Waals surface area contributed by atoms with Gasteiger partial charge in [0.15, 0.2) is 5.76 Å². The summed E-state index contributed by atoms with van der Waals surface area (Å²) >= 11 is 5.89. The monoisotopic (exact) mass is 300 g/mol. The third-order valence-electron chi connectivity index (χ3n) is 3.31. The molecule has 2 aromatic carbocycles. The van der Waals surface area contributed by atoms with Gasteiger partial charge in [-0.2, -0.15) is 0 Å². The Bertz CT molecular complexity index is 864. The Hall–Kier alpha value is -2.26. The zero-order valence-corrected chi connectivity index (χ0v) is 12.4. The highest BCUT2D eigenvalue weighted by Gasteiger charge is 2.16. The number of benzene rings is 2. The normalized spacial score (nSPS) is 10.8. The first-order valence-electron chi connectivity index (χ1n) is 6.47. The number of rotatable bonds is 2. The van der Waals surface area contributed by atoms with E-state index < -0.39 is 0 Å². The number of hydrogen-bond donors (Lipinski definition) is 0. The van der Waals surface area contributed by atoms with E-state index in [1.165, 1.54) is 7.11 Å². The van der Waals surface area contributed by atoms with Gasteiger partial charge in [-0.05, 0) is 43.3 Å². The summed E-state index contributed by atoms with van der Waals surface area (Å²) in [6.07, 6.45) is 0. The van der Waals surface area contributed by atoms with E-state index in [1.54, 1.807) is 36.4 Å². The van der Waals surface area contributed by atoms with Crippen molar-refractivity contribution in [2.45, 2.75) is 6.92 Å². The third-order valence-corrected chi connectivity index (χ3v) is 3.57. The molecule has 0 spiro atoms. The first-order chi connectivity index (χ1) is 10.1. The molecule has 1 heterocycles. The molecule has 0 radical (unpaired) electrons. The van der Waals surface area contributed by atoms with Crippen molar-refractivity contribution in [3.63, 3.8) is 0 Å². The topological polar surface area (TPSA) is 39.4 Å². The molecule has 3 nitrogen and oxygen atoms in total. The van der Waals surface area contributed by atoms with E-state index in [9.17, 15) is 4.79 Å². The van der Waals surface area contributed by atoms with Gasteiger partial charge < -0.3 is 9.15 Å². The highest BCUT2D eigenvalue weighted by Crippen LogP contribution is 2.31. The van der Waals surface area contributed by atoms with E-state index >= 15 is 0 Å². The van der Waals surface area contributed by atoms with Gasteiger partial charge in [0.25, 0.3) is 0 Å². The summed E-state index contributed by atoms with van der Waals surface area (Å²) < 4.78 is 11.1. The minimum atomic E-state index is -0.174. The molecule has 0 saturated heterocycles. The fraction of sp³-hybridized carbons (Fsp3) is 0.118. The molecule has 0 aliphatic carbocycles. The van der Waals surface area contributed by atoms with Gasteiger partial charge in [-0.25, -0.2) is 0 Å². The summed E-state index contributed by atoms with van der Waals surface area (Å²) in [6, 6.07) is 12.6. The second-order valence-corrected chi connectivity index (χ2v) is 5.24. The van der Waals surface area contributed by atoms with E-state index in [1.807, 2.05) is 13.0 Å². The largest absolute Gasteiger partial charge is 0.490 e. The molecule has 21 heavy (non-hydrogen) atoms. The number of hydrogen-bond acceptors (Lipinski definition) is 3. The van der Waals surface area contributed by atoms with Crippen LogP contribution in [-0.4, -0.2) is 7.11 Å². The van der Waals surface area contributed by atoms with Crippen LogP contribution >= 0.6 is 11.6 Å². The smallest absolute Gasteiger partial charge is 0.235 e. The van der Waals surface area contributed by atoms with Crippen LogP contribution in [0.3, 0.4) is 0 Å². The first-order valence-corrected chi connectivity index (χ1v) is 6.85. The average Bonchev–Trinajstić information content (AvgIpc) is 2.48. The fourth-order valence-electron chi connectivity index (χ4n) is 2.27. The second-order valence-electron chi connectivity index (χ2n) is 4.80. The summed E-state index contributed by atoms with van der Waals surface area (Å²) in [6.45, 7) is 1.93. The lowest BCUT2D eigenvalue weighted by atomic mass is 10.1. The standard InChI is InChI=1S/C17H13ClO3/c1-10-3-8-14-13(9-10)15(19)17(20-2)16(21-14)11-4-6-12(18)7-5-11/h3-9H,1-2H3. The highest BCUT2D eigenvalue weighted by atomic mass is 35.5. The molecular formula is C17H13ClO3. The molecule has 0 N–H and O–H groups in total. The Morgan fingerprint density at radius 3 is 2.48 bits per heavy atom.